The molecule has 1 unspecified atom stereocenters. The van der Waals surface area contributed by atoms with E-state index < -0.39 is 5.97 Å². The van der Waals surface area contributed by atoms with Crippen molar-refractivity contribution in [2.45, 2.75) is 37.7 Å². The number of fused-ring (bicyclic) bond motifs is 1. The minimum atomic E-state index is -0.802. The summed E-state index contributed by atoms with van der Waals surface area (Å²) in [6.45, 7) is 5.39. The fourth-order valence-electron chi connectivity index (χ4n) is 4.58. The predicted octanol–water partition coefficient (Wildman–Crippen LogP) is 8.92. The molecule has 3 aromatic carbocycles. The summed E-state index contributed by atoms with van der Waals surface area (Å²) < 4.78 is 6.36. The Kier molecular flexibility index (Phi) is 13.0. The summed E-state index contributed by atoms with van der Waals surface area (Å²) in [5.74, 6) is 2.02. The quantitative estimate of drug-likeness (QED) is 0.122. The van der Waals surface area contributed by atoms with Gasteiger partial charge in [-0.15, -0.1) is 23.5 Å². The van der Waals surface area contributed by atoms with Gasteiger partial charge in [-0.3, -0.25) is 9.59 Å². The molecule has 0 aliphatic carbocycles. The molecule has 4 rings (SSSR count). The molecular weight excluding hydrogens is 612 g/mol. The lowest BCUT2D eigenvalue weighted by molar-refractivity contribution is -0.136. The monoisotopic (exact) mass is 648 g/mol. The summed E-state index contributed by atoms with van der Waals surface area (Å²) in [5, 5.41) is 10.8. The Morgan fingerprint density at radius 1 is 0.909 bits per heavy atom. The number of carboxylic acids is 1. The van der Waals surface area contributed by atoms with E-state index in [0.29, 0.717) is 36.0 Å². The van der Waals surface area contributed by atoms with Crippen LogP contribution < -0.4 is 4.74 Å². The van der Waals surface area contributed by atoms with Crippen molar-refractivity contribution in [3.8, 4) is 11.5 Å². The second-order valence-electron chi connectivity index (χ2n) is 10.1. The molecule has 0 fully saturated rings. The topological polar surface area (TPSA) is 79.7 Å². The lowest BCUT2D eigenvalue weighted by Crippen LogP contribution is -2.30. The van der Waals surface area contributed by atoms with Crippen molar-refractivity contribution in [3.05, 3.63) is 101 Å². The van der Waals surface area contributed by atoms with Gasteiger partial charge in [0.1, 0.15) is 11.5 Å². The number of rotatable bonds is 16. The number of carboxylic acid groups (broad SMARTS) is 1. The number of amides is 1. The maximum atomic E-state index is 12.5. The highest BCUT2D eigenvalue weighted by atomic mass is 35.5. The van der Waals surface area contributed by atoms with Crippen LogP contribution in [0.2, 0.25) is 5.02 Å². The second kappa shape index (κ2) is 17.1. The number of benzene rings is 3. The van der Waals surface area contributed by atoms with Gasteiger partial charge < -0.3 is 14.7 Å². The fraction of sp³-hybridized carbons (Fsp3) is 0.286. The van der Waals surface area contributed by atoms with Gasteiger partial charge in [0.25, 0.3) is 0 Å². The number of pyridine rings is 1. The van der Waals surface area contributed by atoms with E-state index in [2.05, 4.69) is 6.07 Å². The maximum Gasteiger partial charge on any atom is 0.304 e. The standard InChI is InChI=1S/C35H37ClN2O4S2/c1-3-38(4-2)33(39)17-19-43-35(44-20-18-34(40)41)23-26-8-6-10-31(22-26)42-30-9-5-7-25(21-30)11-15-29-16-13-27-12-14-28(36)24-32(27)37-29/h5-16,21-22,24,35H,3-4,17-20,23H2,1-2H3,(H,40,41). The normalized spacial score (nSPS) is 12.0. The van der Waals surface area contributed by atoms with Crippen molar-refractivity contribution in [1.82, 2.24) is 9.88 Å². The highest BCUT2D eigenvalue weighted by Crippen LogP contribution is 2.31. The van der Waals surface area contributed by atoms with E-state index in [9.17, 15) is 9.59 Å². The lowest BCUT2D eigenvalue weighted by Gasteiger charge is -2.20. The minimum Gasteiger partial charge on any atom is -0.481 e. The van der Waals surface area contributed by atoms with Crippen LogP contribution in [0.25, 0.3) is 23.1 Å². The van der Waals surface area contributed by atoms with Crippen molar-refractivity contribution in [1.29, 1.82) is 0 Å². The Balaban J connectivity index is 1.39. The third kappa shape index (κ3) is 10.6. The number of hydrogen-bond donors (Lipinski definition) is 1. The van der Waals surface area contributed by atoms with Crippen LogP contribution in [0, 0.1) is 0 Å². The van der Waals surface area contributed by atoms with Crippen molar-refractivity contribution >= 4 is 70.1 Å². The zero-order valence-corrected chi connectivity index (χ0v) is 27.3. The van der Waals surface area contributed by atoms with Crippen molar-refractivity contribution < 1.29 is 19.4 Å². The third-order valence-electron chi connectivity index (χ3n) is 6.87. The number of halogens is 1. The van der Waals surface area contributed by atoms with E-state index in [0.717, 1.165) is 45.6 Å². The number of nitrogens with zero attached hydrogens (tertiary/aromatic N) is 2. The van der Waals surface area contributed by atoms with E-state index in [-0.39, 0.29) is 16.9 Å². The molecule has 44 heavy (non-hydrogen) atoms. The van der Waals surface area contributed by atoms with Crippen molar-refractivity contribution in [2.75, 3.05) is 24.6 Å². The number of aliphatic carboxylic acids is 1. The molecular formula is C35H37ClN2O4S2. The van der Waals surface area contributed by atoms with Crippen LogP contribution in [0.3, 0.4) is 0 Å². The molecule has 0 saturated carbocycles. The molecule has 9 heteroatoms. The Labute approximate surface area is 272 Å². The van der Waals surface area contributed by atoms with Gasteiger partial charge in [0, 0.05) is 41.4 Å². The van der Waals surface area contributed by atoms with Gasteiger partial charge in [0.2, 0.25) is 5.91 Å². The van der Waals surface area contributed by atoms with Gasteiger partial charge in [-0.1, -0.05) is 54.1 Å². The van der Waals surface area contributed by atoms with Gasteiger partial charge in [-0.05, 0) is 79.9 Å². The molecule has 1 amide bonds. The largest absolute Gasteiger partial charge is 0.481 e. The first-order valence-electron chi connectivity index (χ1n) is 14.7. The zero-order chi connectivity index (χ0) is 31.3. The fourth-order valence-corrected chi connectivity index (χ4v) is 7.44. The molecule has 4 aromatic rings. The summed E-state index contributed by atoms with van der Waals surface area (Å²) in [6, 6.07) is 25.6. The number of carbonyl (C=O) groups excluding carboxylic acids is 1. The number of hydrogen-bond acceptors (Lipinski definition) is 6. The summed E-state index contributed by atoms with van der Waals surface area (Å²) in [6.07, 6.45) is 5.29. The first-order chi connectivity index (χ1) is 21.3. The molecule has 1 heterocycles. The molecule has 0 bridgehead atoms. The predicted molar refractivity (Wildman–Crippen MR) is 186 cm³/mol. The zero-order valence-electron chi connectivity index (χ0n) is 24.9. The van der Waals surface area contributed by atoms with Crippen LogP contribution in [0.1, 0.15) is 43.5 Å². The Bertz CT molecular complexity index is 1590. The SMILES string of the molecule is CCN(CC)C(=O)CCSC(Cc1cccc(Oc2cccc(C=Cc3ccc4ccc(Cl)cc4n3)c2)c1)SCCC(=O)O. The molecule has 0 aliphatic heterocycles. The minimum absolute atomic E-state index is 0.110. The molecule has 0 spiro atoms. The molecule has 230 valence electrons. The van der Waals surface area contributed by atoms with E-state index in [1.54, 1.807) is 23.5 Å². The highest BCUT2D eigenvalue weighted by molar-refractivity contribution is 8.17. The molecule has 0 saturated heterocycles. The molecule has 6 nitrogen and oxygen atoms in total. The van der Waals surface area contributed by atoms with Crippen LogP contribution in [0.5, 0.6) is 11.5 Å². The van der Waals surface area contributed by atoms with Crippen molar-refractivity contribution in [3.63, 3.8) is 0 Å². The number of thioether (sulfide) groups is 2. The Morgan fingerprint density at radius 3 is 2.36 bits per heavy atom. The first-order valence-corrected chi connectivity index (χ1v) is 17.1. The summed E-state index contributed by atoms with van der Waals surface area (Å²) in [7, 11) is 0. The first kappa shape index (κ1) is 33.4. The average Bonchev–Trinajstić information content (AvgIpc) is 3.00. The summed E-state index contributed by atoms with van der Waals surface area (Å²) in [5.41, 5.74) is 3.77. The molecule has 0 radical (unpaired) electrons. The van der Waals surface area contributed by atoms with Gasteiger partial charge in [-0.2, -0.15) is 0 Å². The third-order valence-corrected chi connectivity index (χ3v) is 9.88. The Morgan fingerprint density at radius 2 is 1.61 bits per heavy atom. The summed E-state index contributed by atoms with van der Waals surface area (Å²) in [4.78, 5) is 30.1. The smallest absolute Gasteiger partial charge is 0.304 e. The molecule has 0 aliphatic rings. The average molecular weight is 649 g/mol. The number of ether oxygens (including phenoxy) is 1. The number of aromatic nitrogens is 1. The molecule has 1 N–H and O–H groups in total. The summed E-state index contributed by atoms with van der Waals surface area (Å²) >= 11 is 9.48. The maximum absolute atomic E-state index is 12.5. The highest BCUT2D eigenvalue weighted by Gasteiger charge is 2.15. The molecule has 1 aromatic heterocycles. The Hall–Kier alpha value is -3.46. The van der Waals surface area contributed by atoms with Crippen LogP contribution >= 0.6 is 35.1 Å². The van der Waals surface area contributed by atoms with Gasteiger partial charge in [-0.25, -0.2) is 4.98 Å². The van der Waals surface area contributed by atoms with E-state index in [4.69, 9.17) is 26.4 Å². The van der Waals surface area contributed by atoms with Crippen LogP contribution in [-0.2, 0) is 16.0 Å². The van der Waals surface area contributed by atoms with Crippen LogP contribution in [0.4, 0.5) is 0 Å². The number of carbonyl (C=O) groups is 2. The van der Waals surface area contributed by atoms with E-state index >= 15 is 0 Å². The van der Waals surface area contributed by atoms with E-state index in [1.165, 1.54) is 0 Å². The van der Waals surface area contributed by atoms with Gasteiger partial charge >= 0.3 is 5.97 Å². The van der Waals surface area contributed by atoms with Crippen molar-refractivity contribution in [2.24, 2.45) is 0 Å². The lowest BCUT2D eigenvalue weighted by atomic mass is 10.1. The van der Waals surface area contributed by atoms with Crippen LogP contribution in [-0.4, -0.2) is 56.0 Å². The second-order valence-corrected chi connectivity index (χ2v) is 13.4. The van der Waals surface area contributed by atoms with Crippen LogP contribution in [0.15, 0.2) is 78.9 Å². The van der Waals surface area contributed by atoms with E-state index in [1.807, 2.05) is 104 Å². The molecule has 1 atom stereocenters. The van der Waals surface area contributed by atoms with Gasteiger partial charge in [0.05, 0.1) is 22.2 Å². The van der Waals surface area contributed by atoms with Gasteiger partial charge in [0.15, 0.2) is 0 Å².